The Hall–Kier alpha value is -1.34. The van der Waals surface area contributed by atoms with Crippen LogP contribution in [-0.4, -0.2) is 17.6 Å². The Kier molecular flexibility index (Phi) is 4.19. The zero-order valence-electron chi connectivity index (χ0n) is 10.5. The zero-order chi connectivity index (χ0) is 14.9. The van der Waals surface area contributed by atoms with E-state index < -0.39 is 30.1 Å². The molecule has 0 bridgehead atoms. The zero-order valence-corrected chi connectivity index (χ0v) is 10.5. The van der Waals surface area contributed by atoms with Gasteiger partial charge in [0, 0.05) is 0 Å². The van der Waals surface area contributed by atoms with Crippen LogP contribution in [0.3, 0.4) is 0 Å². The van der Waals surface area contributed by atoms with E-state index in [1.807, 2.05) is 0 Å². The van der Waals surface area contributed by atoms with Crippen molar-refractivity contribution in [3.63, 3.8) is 0 Å². The van der Waals surface area contributed by atoms with E-state index >= 15 is 0 Å². The molecule has 2 atom stereocenters. The lowest BCUT2D eigenvalue weighted by atomic mass is 9.77. The van der Waals surface area contributed by atoms with Crippen LogP contribution < -0.4 is 10.5 Å². The first kappa shape index (κ1) is 15.1. The number of aliphatic hydroxyl groups is 1. The smallest absolute Gasteiger partial charge is 0.403 e. The van der Waals surface area contributed by atoms with Crippen LogP contribution in [0, 0.1) is 11.7 Å². The van der Waals surface area contributed by atoms with Crippen LogP contribution in [0.4, 0.5) is 17.6 Å². The van der Waals surface area contributed by atoms with Crippen molar-refractivity contribution < 1.29 is 27.4 Å². The molecule has 112 valence electrons. The van der Waals surface area contributed by atoms with Crippen molar-refractivity contribution in [1.29, 1.82) is 0 Å². The van der Waals surface area contributed by atoms with Gasteiger partial charge in [0.15, 0.2) is 11.6 Å². The first-order valence-electron chi connectivity index (χ1n) is 6.27. The highest BCUT2D eigenvalue weighted by atomic mass is 19.4. The largest absolute Gasteiger partial charge is 0.573 e. The minimum absolute atomic E-state index is 0.0687. The van der Waals surface area contributed by atoms with Crippen molar-refractivity contribution in [2.75, 3.05) is 0 Å². The van der Waals surface area contributed by atoms with Crippen molar-refractivity contribution in [3.05, 3.63) is 29.6 Å². The van der Waals surface area contributed by atoms with Gasteiger partial charge in [-0.3, -0.25) is 0 Å². The average molecular weight is 293 g/mol. The minimum atomic E-state index is -4.95. The third kappa shape index (κ3) is 3.40. The molecule has 2 rings (SSSR count). The summed E-state index contributed by atoms with van der Waals surface area (Å²) in [5.74, 6) is -2.00. The van der Waals surface area contributed by atoms with E-state index in [2.05, 4.69) is 4.74 Å². The first-order chi connectivity index (χ1) is 9.28. The van der Waals surface area contributed by atoms with E-state index in [0.717, 1.165) is 31.4 Å². The Morgan fingerprint density at radius 1 is 1.30 bits per heavy atom. The molecule has 3 N–H and O–H groups in total. The van der Waals surface area contributed by atoms with E-state index in [0.29, 0.717) is 0 Å². The lowest BCUT2D eigenvalue weighted by Gasteiger charge is -2.33. The van der Waals surface area contributed by atoms with Crippen molar-refractivity contribution in [2.45, 2.75) is 37.8 Å². The molecule has 0 heterocycles. The van der Waals surface area contributed by atoms with Gasteiger partial charge in [0.1, 0.15) is 0 Å². The number of hydrogen-bond donors (Lipinski definition) is 2. The highest BCUT2D eigenvalue weighted by molar-refractivity contribution is 5.31. The fourth-order valence-electron chi connectivity index (χ4n) is 2.20. The second-order valence-corrected chi connectivity index (χ2v) is 4.95. The highest BCUT2D eigenvalue weighted by Gasteiger charge is 2.33. The third-order valence-corrected chi connectivity index (χ3v) is 3.57. The van der Waals surface area contributed by atoms with Crippen LogP contribution in [0.15, 0.2) is 18.2 Å². The second kappa shape index (κ2) is 5.57. The Bertz CT molecular complexity index is 474. The maximum Gasteiger partial charge on any atom is 0.573 e. The number of halogens is 4. The molecule has 0 unspecified atom stereocenters. The summed E-state index contributed by atoms with van der Waals surface area (Å²) in [6, 6.07) is 2.14. The van der Waals surface area contributed by atoms with Gasteiger partial charge in [0.2, 0.25) is 0 Å². The number of alkyl halides is 3. The monoisotopic (exact) mass is 293 g/mol. The molecule has 1 fully saturated rings. The third-order valence-electron chi connectivity index (χ3n) is 3.57. The Morgan fingerprint density at radius 3 is 2.40 bits per heavy atom. The predicted molar refractivity (Wildman–Crippen MR) is 63.4 cm³/mol. The average Bonchev–Trinajstić information content (AvgIpc) is 2.27. The van der Waals surface area contributed by atoms with Gasteiger partial charge in [0.05, 0.1) is 12.1 Å². The van der Waals surface area contributed by atoms with Crippen LogP contribution in [0.25, 0.3) is 0 Å². The number of aliphatic hydroxyl groups excluding tert-OH is 1. The van der Waals surface area contributed by atoms with E-state index in [1.54, 1.807) is 0 Å². The molecule has 0 aromatic heterocycles. The molecule has 7 heteroatoms. The van der Waals surface area contributed by atoms with Crippen molar-refractivity contribution in [2.24, 2.45) is 11.7 Å². The first-order valence-corrected chi connectivity index (χ1v) is 6.27. The van der Waals surface area contributed by atoms with E-state index in [9.17, 15) is 22.7 Å². The van der Waals surface area contributed by atoms with E-state index in [4.69, 9.17) is 5.73 Å². The molecule has 1 aromatic rings. The molecular weight excluding hydrogens is 278 g/mol. The standard InChI is InChI=1S/C13H15F4NO2/c14-9-6-8(4-5-10(9)20-13(15,16)17)11(18)12(19)7-2-1-3-7/h4-7,11-12,19H,1-3,18H2/t11-,12+/m0/s1. The minimum Gasteiger partial charge on any atom is -0.403 e. The van der Waals surface area contributed by atoms with Crippen LogP contribution in [-0.2, 0) is 0 Å². The van der Waals surface area contributed by atoms with Crippen LogP contribution in [0.1, 0.15) is 30.9 Å². The molecule has 0 spiro atoms. The van der Waals surface area contributed by atoms with E-state index in [1.165, 1.54) is 6.07 Å². The predicted octanol–water partition coefficient (Wildman–Crippen LogP) is 2.89. The van der Waals surface area contributed by atoms with Gasteiger partial charge >= 0.3 is 6.36 Å². The number of ether oxygens (including phenoxy) is 1. The maximum atomic E-state index is 13.5. The summed E-state index contributed by atoms with van der Waals surface area (Å²) in [6.45, 7) is 0. The Balaban J connectivity index is 2.11. The molecule has 0 radical (unpaired) electrons. The van der Waals surface area contributed by atoms with E-state index in [-0.39, 0.29) is 11.5 Å². The van der Waals surface area contributed by atoms with Crippen molar-refractivity contribution in [1.82, 2.24) is 0 Å². The molecule has 0 aliphatic heterocycles. The molecule has 20 heavy (non-hydrogen) atoms. The fourth-order valence-corrected chi connectivity index (χ4v) is 2.20. The summed E-state index contributed by atoms with van der Waals surface area (Å²) in [5, 5.41) is 9.98. The fraction of sp³-hybridized carbons (Fsp3) is 0.538. The number of benzene rings is 1. The summed E-state index contributed by atoms with van der Waals surface area (Å²) in [6.07, 6.45) is -3.05. The van der Waals surface area contributed by atoms with Crippen LogP contribution in [0.5, 0.6) is 5.75 Å². The van der Waals surface area contributed by atoms with Gasteiger partial charge in [-0.25, -0.2) is 4.39 Å². The molecule has 1 aliphatic rings. The molecule has 0 amide bonds. The summed E-state index contributed by atoms with van der Waals surface area (Å²) in [5.41, 5.74) is 6.06. The lowest BCUT2D eigenvalue weighted by Crippen LogP contribution is -2.36. The maximum absolute atomic E-state index is 13.5. The summed E-state index contributed by atoms with van der Waals surface area (Å²) in [4.78, 5) is 0. The van der Waals surface area contributed by atoms with Crippen molar-refractivity contribution in [3.8, 4) is 5.75 Å². The second-order valence-electron chi connectivity index (χ2n) is 4.95. The molecule has 1 aliphatic carbocycles. The Labute approximate surface area is 113 Å². The summed E-state index contributed by atoms with van der Waals surface area (Å²) in [7, 11) is 0. The summed E-state index contributed by atoms with van der Waals surface area (Å²) >= 11 is 0. The SMILES string of the molecule is N[C@@H](c1ccc(OC(F)(F)F)c(F)c1)[C@H](O)C1CCC1. The van der Waals surface area contributed by atoms with Crippen LogP contribution >= 0.6 is 0 Å². The quantitative estimate of drug-likeness (QED) is 0.839. The normalized spacial score (nSPS) is 19.3. The van der Waals surface area contributed by atoms with Gasteiger partial charge in [-0.15, -0.1) is 13.2 Å². The van der Waals surface area contributed by atoms with Gasteiger partial charge in [-0.2, -0.15) is 0 Å². The van der Waals surface area contributed by atoms with Crippen LogP contribution in [0.2, 0.25) is 0 Å². The molecule has 0 saturated heterocycles. The lowest BCUT2D eigenvalue weighted by molar-refractivity contribution is -0.275. The molecule has 3 nitrogen and oxygen atoms in total. The molecule has 1 aromatic carbocycles. The number of rotatable bonds is 4. The van der Waals surface area contributed by atoms with Gasteiger partial charge in [-0.05, 0) is 36.5 Å². The van der Waals surface area contributed by atoms with Gasteiger partial charge in [0.25, 0.3) is 0 Å². The summed E-state index contributed by atoms with van der Waals surface area (Å²) < 4.78 is 53.1. The Morgan fingerprint density at radius 2 is 1.95 bits per heavy atom. The topological polar surface area (TPSA) is 55.5 Å². The number of hydrogen-bond acceptors (Lipinski definition) is 3. The molecular formula is C13H15F4NO2. The van der Waals surface area contributed by atoms with Crippen molar-refractivity contribution >= 4 is 0 Å². The van der Waals surface area contributed by atoms with Gasteiger partial charge in [-0.1, -0.05) is 12.5 Å². The highest BCUT2D eigenvalue weighted by Crippen LogP contribution is 2.35. The molecule has 1 saturated carbocycles. The van der Waals surface area contributed by atoms with Gasteiger partial charge < -0.3 is 15.6 Å². The number of nitrogens with two attached hydrogens (primary N) is 1.